The zero-order chi connectivity index (χ0) is 14.4. The van der Waals surface area contributed by atoms with Gasteiger partial charge in [0.15, 0.2) is 0 Å². The third-order valence-electron chi connectivity index (χ3n) is 3.24. The summed E-state index contributed by atoms with van der Waals surface area (Å²) in [6, 6.07) is 8.44. The number of ether oxygens (including phenoxy) is 1. The molecule has 1 unspecified atom stereocenters. The van der Waals surface area contributed by atoms with Crippen LogP contribution in [-0.4, -0.2) is 22.9 Å². The van der Waals surface area contributed by atoms with Gasteiger partial charge in [-0.2, -0.15) is 5.10 Å². The number of aromatic nitrogens is 2. The molecule has 1 aromatic heterocycles. The number of aryl methyl sites for hydroxylation is 1. The smallest absolute Gasteiger partial charge is 0.119 e. The molecule has 4 nitrogen and oxygen atoms in total. The van der Waals surface area contributed by atoms with Crippen LogP contribution >= 0.6 is 0 Å². The van der Waals surface area contributed by atoms with Crippen LogP contribution in [0, 0.1) is 0 Å². The monoisotopic (exact) mass is 273 g/mol. The summed E-state index contributed by atoms with van der Waals surface area (Å²) in [4.78, 5) is 0. The number of nitrogens with zero attached hydrogens (tertiary/aromatic N) is 2. The van der Waals surface area contributed by atoms with E-state index in [1.54, 1.807) is 0 Å². The van der Waals surface area contributed by atoms with Gasteiger partial charge in [-0.05, 0) is 38.1 Å². The minimum absolute atomic E-state index is 0.177. The van der Waals surface area contributed by atoms with Gasteiger partial charge in [-0.1, -0.05) is 19.1 Å². The SMILES string of the molecule is CCNC(c1ccc(OCC)cc1)c1cnn(CC)c1. The number of benzene rings is 1. The fourth-order valence-corrected chi connectivity index (χ4v) is 2.26. The average Bonchev–Trinajstić information content (AvgIpc) is 2.95. The Kier molecular flexibility index (Phi) is 5.18. The maximum atomic E-state index is 5.49. The van der Waals surface area contributed by atoms with Crippen molar-refractivity contribution in [1.29, 1.82) is 0 Å². The predicted molar refractivity (Wildman–Crippen MR) is 81.0 cm³/mol. The van der Waals surface area contributed by atoms with Crippen molar-refractivity contribution in [3.63, 3.8) is 0 Å². The van der Waals surface area contributed by atoms with Gasteiger partial charge >= 0.3 is 0 Å². The van der Waals surface area contributed by atoms with Crippen LogP contribution in [-0.2, 0) is 6.54 Å². The van der Waals surface area contributed by atoms with E-state index in [-0.39, 0.29) is 6.04 Å². The lowest BCUT2D eigenvalue weighted by Gasteiger charge is -2.17. The first-order chi connectivity index (χ1) is 9.78. The number of hydrogen-bond acceptors (Lipinski definition) is 3. The van der Waals surface area contributed by atoms with Gasteiger partial charge in [0.1, 0.15) is 5.75 Å². The number of rotatable bonds is 7. The second-order valence-corrected chi connectivity index (χ2v) is 4.62. The van der Waals surface area contributed by atoms with Gasteiger partial charge in [0.2, 0.25) is 0 Å². The fraction of sp³-hybridized carbons (Fsp3) is 0.438. The van der Waals surface area contributed by atoms with Crippen LogP contribution in [0.5, 0.6) is 5.75 Å². The van der Waals surface area contributed by atoms with Crippen molar-refractivity contribution in [1.82, 2.24) is 15.1 Å². The number of nitrogens with one attached hydrogen (secondary N) is 1. The average molecular weight is 273 g/mol. The first-order valence-electron chi connectivity index (χ1n) is 7.27. The van der Waals surface area contributed by atoms with Gasteiger partial charge in [-0.15, -0.1) is 0 Å². The summed E-state index contributed by atoms with van der Waals surface area (Å²) < 4.78 is 7.44. The normalized spacial score (nSPS) is 12.3. The van der Waals surface area contributed by atoms with E-state index in [1.807, 2.05) is 29.9 Å². The lowest BCUT2D eigenvalue weighted by Crippen LogP contribution is -2.21. The molecule has 0 spiro atoms. The molecule has 1 N–H and O–H groups in total. The van der Waals surface area contributed by atoms with E-state index in [1.165, 1.54) is 11.1 Å². The van der Waals surface area contributed by atoms with Gasteiger partial charge in [-0.25, -0.2) is 0 Å². The van der Waals surface area contributed by atoms with Crippen molar-refractivity contribution in [3.8, 4) is 5.75 Å². The second kappa shape index (κ2) is 7.10. The maximum absolute atomic E-state index is 5.49. The minimum Gasteiger partial charge on any atom is -0.494 e. The second-order valence-electron chi connectivity index (χ2n) is 4.62. The minimum atomic E-state index is 0.177. The van der Waals surface area contributed by atoms with Crippen molar-refractivity contribution in [2.24, 2.45) is 0 Å². The number of hydrogen-bond donors (Lipinski definition) is 1. The summed E-state index contributed by atoms with van der Waals surface area (Å²) in [6.07, 6.45) is 4.04. The van der Waals surface area contributed by atoms with Crippen molar-refractivity contribution in [3.05, 3.63) is 47.8 Å². The quantitative estimate of drug-likeness (QED) is 0.843. The van der Waals surface area contributed by atoms with E-state index in [2.05, 4.69) is 42.6 Å². The Hall–Kier alpha value is -1.81. The Morgan fingerprint density at radius 2 is 1.90 bits per heavy atom. The first kappa shape index (κ1) is 14.6. The molecule has 108 valence electrons. The van der Waals surface area contributed by atoms with Gasteiger partial charge < -0.3 is 10.1 Å². The van der Waals surface area contributed by atoms with E-state index < -0.39 is 0 Å². The van der Waals surface area contributed by atoms with Gasteiger partial charge in [0, 0.05) is 18.3 Å². The summed E-state index contributed by atoms with van der Waals surface area (Å²) in [5, 5.41) is 7.87. The molecule has 0 radical (unpaired) electrons. The molecular weight excluding hydrogens is 250 g/mol. The standard InChI is InChI=1S/C16H23N3O/c1-4-17-16(14-11-18-19(5-2)12-14)13-7-9-15(10-8-13)20-6-3/h7-12,16-17H,4-6H2,1-3H3. The Balaban J connectivity index is 2.23. The highest BCUT2D eigenvalue weighted by Gasteiger charge is 2.14. The third kappa shape index (κ3) is 3.39. The van der Waals surface area contributed by atoms with E-state index in [9.17, 15) is 0 Å². The highest BCUT2D eigenvalue weighted by molar-refractivity contribution is 5.34. The molecule has 0 aliphatic heterocycles. The van der Waals surface area contributed by atoms with Crippen LogP contribution in [0.1, 0.15) is 37.9 Å². The third-order valence-corrected chi connectivity index (χ3v) is 3.24. The van der Waals surface area contributed by atoms with Crippen LogP contribution in [0.2, 0.25) is 0 Å². The van der Waals surface area contributed by atoms with E-state index >= 15 is 0 Å². The molecule has 0 aliphatic rings. The lowest BCUT2D eigenvalue weighted by atomic mass is 10.0. The molecule has 0 amide bonds. The summed E-state index contributed by atoms with van der Waals surface area (Å²) in [5.41, 5.74) is 2.42. The van der Waals surface area contributed by atoms with Crippen LogP contribution in [0.4, 0.5) is 0 Å². The summed E-state index contributed by atoms with van der Waals surface area (Å²) in [5.74, 6) is 0.913. The van der Waals surface area contributed by atoms with E-state index in [4.69, 9.17) is 4.74 Å². The molecule has 2 rings (SSSR count). The molecule has 0 bridgehead atoms. The van der Waals surface area contributed by atoms with Crippen molar-refractivity contribution in [2.45, 2.75) is 33.4 Å². The molecule has 4 heteroatoms. The Morgan fingerprint density at radius 1 is 1.15 bits per heavy atom. The molecule has 0 aliphatic carbocycles. The van der Waals surface area contributed by atoms with Crippen molar-refractivity contribution >= 4 is 0 Å². The van der Waals surface area contributed by atoms with Crippen molar-refractivity contribution < 1.29 is 4.74 Å². The zero-order valence-electron chi connectivity index (χ0n) is 12.5. The van der Waals surface area contributed by atoms with Crippen LogP contribution in [0.3, 0.4) is 0 Å². The molecule has 0 fully saturated rings. The molecule has 1 aromatic carbocycles. The molecule has 1 atom stereocenters. The topological polar surface area (TPSA) is 39.1 Å². The molecular formula is C16H23N3O. The Morgan fingerprint density at radius 3 is 2.45 bits per heavy atom. The lowest BCUT2D eigenvalue weighted by molar-refractivity contribution is 0.340. The largest absolute Gasteiger partial charge is 0.494 e. The summed E-state index contributed by atoms with van der Waals surface area (Å²) in [7, 11) is 0. The fourth-order valence-electron chi connectivity index (χ4n) is 2.26. The van der Waals surface area contributed by atoms with Gasteiger partial charge in [0.25, 0.3) is 0 Å². The highest BCUT2D eigenvalue weighted by atomic mass is 16.5. The van der Waals surface area contributed by atoms with Gasteiger partial charge in [-0.3, -0.25) is 4.68 Å². The molecule has 0 saturated carbocycles. The maximum Gasteiger partial charge on any atom is 0.119 e. The van der Waals surface area contributed by atoms with Crippen molar-refractivity contribution in [2.75, 3.05) is 13.2 Å². The Labute approximate surface area is 120 Å². The highest BCUT2D eigenvalue weighted by Crippen LogP contribution is 2.23. The predicted octanol–water partition coefficient (Wildman–Crippen LogP) is 3.00. The zero-order valence-corrected chi connectivity index (χ0v) is 12.5. The molecule has 2 aromatic rings. The summed E-state index contributed by atoms with van der Waals surface area (Å²) >= 11 is 0. The van der Waals surface area contributed by atoms with Gasteiger partial charge in [0.05, 0.1) is 18.8 Å². The first-order valence-corrected chi connectivity index (χ1v) is 7.27. The molecule has 20 heavy (non-hydrogen) atoms. The van der Waals surface area contributed by atoms with E-state index in [0.29, 0.717) is 6.61 Å². The van der Waals surface area contributed by atoms with Crippen LogP contribution in [0.15, 0.2) is 36.7 Å². The Bertz CT molecular complexity index is 519. The van der Waals surface area contributed by atoms with Crippen LogP contribution < -0.4 is 10.1 Å². The van der Waals surface area contributed by atoms with E-state index in [0.717, 1.165) is 18.8 Å². The van der Waals surface area contributed by atoms with Crippen LogP contribution in [0.25, 0.3) is 0 Å². The molecule has 0 saturated heterocycles. The molecule has 1 heterocycles. The summed E-state index contributed by atoms with van der Waals surface area (Å²) in [6.45, 7) is 8.70.